The van der Waals surface area contributed by atoms with Crippen molar-refractivity contribution >= 4 is 16.9 Å². The number of hydrogen-bond acceptors (Lipinski definition) is 4. The number of H-pyrrole nitrogens is 2. The van der Waals surface area contributed by atoms with Crippen molar-refractivity contribution in [3.05, 3.63) is 51.8 Å². The van der Waals surface area contributed by atoms with Crippen LogP contribution in [0.5, 0.6) is 0 Å². The molecule has 3 rings (SSSR count). The Bertz CT molecular complexity index is 769. The molecule has 0 aliphatic rings. The number of fused-ring (bicyclic) bond motifs is 1. The largest absolute Gasteiger partial charge is 0.383 e. The molecule has 0 saturated heterocycles. The Morgan fingerprint density at radius 3 is 2.63 bits per heavy atom. The number of rotatable bonds is 2. The summed E-state index contributed by atoms with van der Waals surface area (Å²) in [5, 5.41) is 0. The van der Waals surface area contributed by atoms with Gasteiger partial charge in [-0.15, -0.1) is 0 Å². The Morgan fingerprint density at radius 1 is 1.16 bits per heavy atom. The summed E-state index contributed by atoms with van der Waals surface area (Å²) in [5.41, 5.74) is 7.76. The molecule has 0 saturated carbocycles. The molecule has 96 valence electrons. The molecule has 6 nitrogen and oxygen atoms in total. The average Bonchev–Trinajstić information content (AvgIpc) is 2.78. The van der Waals surface area contributed by atoms with E-state index in [-0.39, 0.29) is 11.4 Å². The highest BCUT2D eigenvalue weighted by molar-refractivity contribution is 5.74. The van der Waals surface area contributed by atoms with Crippen molar-refractivity contribution in [2.24, 2.45) is 0 Å². The number of nitrogens with one attached hydrogen (secondary N) is 2. The normalized spacial score (nSPS) is 11.0. The van der Waals surface area contributed by atoms with Gasteiger partial charge in [0.05, 0.1) is 23.0 Å². The molecule has 4 N–H and O–H groups in total. The van der Waals surface area contributed by atoms with E-state index in [0.29, 0.717) is 17.8 Å². The van der Waals surface area contributed by atoms with Crippen LogP contribution in [0.1, 0.15) is 17.2 Å². The van der Waals surface area contributed by atoms with Crippen LogP contribution in [0.25, 0.3) is 11.0 Å². The van der Waals surface area contributed by atoms with Crippen molar-refractivity contribution in [1.82, 2.24) is 19.9 Å². The van der Waals surface area contributed by atoms with Gasteiger partial charge in [-0.3, -0.25) is 4.79 Å². The lowest BCUT2D eigenvalue weighted by Gasteiger charge is -2.01. The molecular formula is C13H13N5O. The second-order valence-electron chi connectivity index (χ2n) is 4.40. The molecule has 0 aliphatic carbocycles. The van der Waals surface area contributed by atoms with Gasteiger partial charge in [-0.25, -0.2) is 9.97 Å². The van der Waals surface area contributed by atoms with Crippen LogP contribution in [0, 0.1) is 6.92 Å². The standard InChI is InChI=1S/C13H13N5O/c1-7-12(14)17-11(18-13(7)19)6-10-15-8-4-2-3-5-9(8)16-10/h2-5H,6H2,1H3,(H,15,16)(H3,14,17,18,19). The molecule has 2 heterocycles. The number of aromatic nitrogens is 4. The van der Waals surface area contributed by atoms with Gasteiger partial charge in [-0.2, -0.15) is 0 Å². The van der Waals surface area contributed by atoms with Gasteiger partial charge in [0.15, 0.2) is 0 Å². The SMILES string of the molecule is Cc1c(N)nc(Cc2nc3ccccc3[nH]2)[nH]c1=O. The molecule has 1 aromatic carbocycles. The summed E-state index contributed by atoms with van der Waals surface area (Å²) in [6, 6.07) is 7.74. The van der Waals surface area contributed by atoms with E-state index < -0.39 is 0 Å². The van der Waals surface area contributed by atoms with Crippen LogP contribution in [0.2, 0.25) is 0 Å². The maximum Gasteiger partial charge on any atom is 0.255 e. The highest BCUT2D eigenvalue weighted by Gasteiger charge is 2.08. The van der Waals surface area contributed by atoms with Crippen LogP contribution in [0.3, 0.4) is 0 Å². The second kappa shape index (κ2) is 4.24. The van der Waals surface area contributed by atoms with Crippen LogP contribution in [-0.2, 0) is 6.42 Å². The fraction of sp³-hybridized carbons (Fsp3) is 0.154. The Hall–Kier alpha value is -2.63. The highest BCUT2D eigenvalue weighted by Crippen LogP contribution is 2.12. The third kappa shape index (κ3) is 2.08. The van der Waals surface area contributed by atoms with Crippen LogP contribution in [0.15, 0.2) is 29.1 Å². The van der Waals surface area contributed by atoms with E-state index >= 15 is 0 Å². The smallest absolute Gasteiger partial charge is 0.255 e. The van der Waals surface area contributed by atoms with Crippen molar-refractivity contribution in [3.63, 3.8) is 0 Å². The van der Waals surface area contributed by atoms with E-state index in [2.05, 4.69) is 19.9 Å². The van der Waals surface area contributed by atoms with Crippen LogP contribution < -0.4 is 11.3 Å². The lowest BCUT2D eigenvalue weighted by atomic mass is 10.3. The molecule has 0 aliphatic heterocycles. The first-order valence-corrected chi connectivity index (χ1v) is 5.92. The molecule has 0 radical (unpaired) electrons. The van der Waals surface area contributed by atoms with Gasteiger partial charge in [0.2, 0.25) is 0 Å². The van der Waals surface area contributed by atoms with Gasteiger partial charge in [0.25, 0.3) is 5.56 Å². The highest BCUT2D eigenvalue weighted by atomic mass is 16.1. The molecule has 0 bridgehead atoms. The third-order valence-electron chi connectivity index (χ3n) is 3.01. The van der Waals surface area contributed by atoms with E-state index in [1.54, 1.807) is 6.92 Å². The summed E-state index contributed by atoms with van der Waals surface area (Å²) >= 11 is 0. The fourth-order valence-electron chi connectivity index (χ4n) is 1.93. The molecule has 0 unspecified atom stereocenters. The number of hydrogen-bond donors (Lipinski definition) is 3. The van der Waals surface area contributed by atoms with Crippen molar-refractivity contribution in [3.8, 4) is 0 Å². The van der Waals surface area contributed by atoms with Crippen molar-refractivity contribution in [2.45, 2.75) is 13.3 Å². The Morgan fingerprint density at radius 2 is 1.89 bits per heavy atom. The summed E-state index contributed by atoms with van der Waals surface area (Å²) in [7, 11) is 0. The minimum absolute atomic E-state index is 0.210. The van der Waals surface area contributed by atoms with Crippen LogP contribution in [0.4, 0.5) is 5.82 Å². The van der Waals surface area contributed by atoms with E-state index in [0.717, 1.165) is 16.9 Å². The summed E-state index contributed by atoms with van der Waals surface area (Å²) < 4.78 is 0. The third-order valence-corrected chi connectivity index (χ3v) is 3.01. The van der Waals surface area contributed by atoms with Gasteiger partial charge >= 0.3 is 0 Å². The van der Waals surface area contributed by atoms with Gasteiger partial charge in [0.1, 0.15) is 17.5 Å². The zero-order chi connectivity index (χ0) is 13.4. The zero-order valence-corrected chi connectivity index (χ0v) is 10.4. The van der Waals surface area contributed by atoms with E-state index in [1.165, 1.54) is 0 Å². The Balaban J connectivity index is 1.99. The number of anilines is 1. The summed E-state index contributed by atoms with van der Waals surface area (Å²) in [6.45, 7) is 1.64. The fourth-order valence-corrected chi connectivity index (χ4v) is 1.93. The molecular weight excluding hydrogens is 242 g/mol. The molecule has 6 heteroatoms. The molecule has 0 spiro atoms. The summed E-state index contributed by atoms with van der Waals surface area (Å²) in [6.07, 6.45) is 0.411. The Kier molecular flexibility index (Phi) is 2.56. The number of nitrogens with two attached hydrogens (primary N) is 1. The number of imidazole rings is 1. The number of para-hydroxylation sites is 2. The van der Waals surface area contributed by atoms with Crippen LogP contribution >= 0.6 is 0 Å². The van der Waals surface area contributed by atoms with Crippen molar-refractivity contribution in [2.75, 3.05) is 5.73 Å². The lowest BCUT2D eigenvalue weighted by molar-refractivity contribution is 0.898. The van der Waals surface area contributed by atoms with E-state index in [4.69, 9.17) is 5.73 Å². The summed E-state index contributed by atoms with van der Waals surface area (Å²) in [5.74, 6) is 1.51. The first kappa shape index (κ1) is 11.5. The quantitative estimate of drug-likeness (QED) is 0.639. The van der Waals surface area contributed by atoms with Crippen LogP contribution in [-0.4, -0.2) is 19.9 Å². The van der Waals surface area contributed by atoms with E-state index in [1.807, 2.05) is 24.3 Å². The van der Waals surface area contributed by atoms with Crippen molar-refractivity contribution < 1.29 is 0 Å². The lowest BCUT2D eigenvalue weighted by Crippen LogP contribution is -2.17. The number of benzene rings is 1. The number of nitrogens with zero attached hydrogens (tertiary/aromatic N) is 2. The Labute approximate surface area is 108 Å². The van der Waals surface area contributed by atoms with Gasteiger partial charge in [-0.1, -0.05) is 12.1 Å². The molecule has 0 atom stereocenters. The predicted octanol–water partition coefficient (Wildman–Crippen LogP) is 1.13. The minimum atomic E-state index is -0.210. The maximum atomic E-state index is 11.6. The van der Waals surface area contributed by atoms with Crippen molar-refractivity contribution in [1.29, 1.82) is 0 Å². The molecule has 0 fully saturated rings. The van der Waals surface area contributed by atoms with Gasteiger partial charge < -0.3 is 15.7 Å². The zero-order valence-electron chi connectivity index (χ0n) is 10.4. The molecule has 19 heavy (non-hydrogen) atoms. The number of aromatic amines is 2. The van der Waals surface area contributed by atoms with E-state index in [9.17, 15) is 4.79 Å². The molecule has 3 aromatic rings. The number of nitrogen functional groups attached to an aromatic ring is 1. The molecule has 0 amide bonds. The monoisotopic (exact) mass is 255 g/mol. The average molecular weight is 255 g/mol. The van der Waals surface area contributed by atoms with Gasteiger partial charge in [0, 0.05) is 0 Å². The van der Waals surface area contributed by atoms with Gasteiger partial charge in [-0.05, 0) is 19.1 Å². The summed E-state index contributed by atoms with van der Waals surface area (Å²) in [4.78, 5) is 26.1. The predicted molar refractivity (Wildman–Crippen MR) is 72.9 cm³/mol. The first-order chi connectivity index (χ1) is 9.13. The first-order valence-electron chi connectivity index (χ1n) is 5.92. The second-order valence-corrected chi connectivity index (χ2v) is 4.40. The topological polar surface area (TPSA) is 100 Å². The molecule has 2 aromatic heterocycles. The maximum absolute atomic E-state index is 11.6. The minimum Gasteiger partial charge on any atom is -0.383 e.